The molecule has 2 atom stereocenters. The first-order valence-corrected chi connectivity index (χ1v) is 8.44. The second kappa shape index (κ2) is 5.36. The quantitative estimate of drug-likeness (QED) is 0.837. The smallest absolute Gasteiger partial charge is 0.226 e. The summed E-state index contributed by atoms with van der Waals surface area (Å²) in [6.45, 7) is 4.89. The summed E-state index contributed by atoms with van der Waals surface area (Å²) in [6.07, 6.45) is 9.25. The first-order valence-electron chi connectivity index (χ1n) is 8.44. The van der Waals surface area contributed by atoms with E-state index in [1.165, 1.54) is 32.1 Å². The van der Waals surface area contributed by atoms with E-state index in [9.17, 15) is 0 Å². The van der Waals surface area contributed by atoms with E-state index in [2.05, 4.69) is 15.1 Å². The first-order chi connectivity index (χ1) is 10.3. The van der Waals surface area contributed by atoms with E-state index in [1.807, 2.05) is 6.92 Å². The zero-order chi connectivity index (χ0) is 14.3. The molecule has 1 aromatic rings. The third-order valence-corrected chi connectivity index (χ3v) is 5.69. The maximum absolute atomic E-state index is 6.01. The fraction of sp³-hybridized carbons (Fsp3) is 0.875. The lowest BCUT2D eigenvalue weighted by molar-refractivity contribution is -0.0110. The Balaban J connectivity index is 1.60. The number of ether oxygens (including phenoxy) is 1. The largest absolute Gasteiger partial charge is 0.425 e. The lowest BCUT2D eigenvalue weighted by Crippen LogP contribution is -2.55. The van der Waals surface area contributed by atoms with E-state index >= 15 is 0 Å². The van der Waals surface area contributed by atoms with Gasteiger partial charge in [0.15, 0.2) is 0 Å². The highest BCUT2D eigenvalue weighted by Crippen LogP contribution is 2.44. The molecule has 3 aliphatic rings. The molecule has 0 unspecified atom stereocenters. The van der Waals surface area contributed by atoms with E-state index in [0.29, 0.717) is 5.89 Å². The molecule has 0 bridgehead atoms. The van der Waals surface area contributed by atoms with Crippen molar-refractivity contribution < 1.29 is 9.15 Å². The van der Waals surface area contributed by atoms with Gasteiger partial charge in [-0.05, 0) is 25.7 Å². The summed E-state index contributed by atoms with van der Waals surface area (Å²) < 4.78 is 11.8. The van der Waals surface area contributed by atoms with Gasteiger partial charge in [-0.25, -0.2) is 0 Å². The Morgan fingerprint density at radius 2 is 2.00 bits per heavy atom. The van der Waals surface area contributed by atoms with Gasteiger partial charge in [0.2, 0.25) is 11.8 Å². The van der Waals surface area contributed by atoms with Gasteiger partial charge in [0, 0.05) is 32.7 Å². The molecule has 0 spiro atoms. The molecule has 0 aromatic carbocycles. The molecular formula is C16H25N3O2. The highest BCUT2D eigenvalue weighted by Gasteiger charge is 2.53. The highest BCUT2D eigenvalue weighted by atomic mass is 16.5. The van der Waals surface area contributed by atoms with Crippen molar-refractivity contribution in [2.75, 3.05) is 19.7 Å². The van der Waals surface area contributed by atoms with E-state index in [1.54, 1.807) is 0 Å². The van der Waals surface area contributed by atoms with Gasteiger partial charge in [-0.1, -0.05) is 19.3 Å². The zero-order valence-electron chi connectivity index (χ0n) is 12.9. The molecule has 1 aliphatic carbocycles. The number of fused-ring (bicyclic) bond motifs is 1. The number of aryl methyl sites for hydroxylation is 1. The lowest BCUT2D eigenvalue weighted by atomic mass is 9.75. The molecule has 2 saturated heterocycles. The van der Waals surface area contributed by atoms with Gasteiger partial charge in [-0.3, -0.25) is 4.90 Å². The predicted molar refractivity (Wildman–Crippen MR) is 78.1 cm³/mol. The number of piperidine rings is 1. The van der Waals surface area contributed by atoms with Crippen LogP contribution in [0.2, 0.25) is 0 Å². The summed E-state index contributed by atoms with van der Waals surface area (Å²) >= 11 is 0. The normalized spacial score (nSPS) is 35.0. The average molecular weight is 291 g/mol. The van der Waals surface area contributed by atoms with E-state index in [-0.39, 0.29) is 11.5 Å². The molecule has 3 fully saturated rings. The Labute approximate surface area is 126 Å². The minimum atomic E-state index is -0.0586. The van der Waals surface area contributed by atoms with Gasteiger partial charge < -0.3 is 9.15 Å². The third kappa shape index (κ3) is 2.30. The third-order valence-electron chi connectivity index (χ3n) is 5.69. The van der Waals surface area contributed by atoms with Crippen molar-refractivity contribution in [3.63, 3.8) is 0 Å². The SMILES string of the molecule is Cc1nnc([C@]23CCO[C@H]2CCN(C2CCCCC2)C3)o1. The van der Waals surface area contributed by atoms with E-state index in [4.69, 9.17) is 9.15 Å². The topological polar surface area (TPSA) is 51.4 Å². The second-order valence-electron chi connectivity index (χ2n) is 6.94. The maximum atomic E-state index is 6.01. The monoisotopic (exact) mass is 291 g/mol. The Bertz CT molecular complexity index is 497. The number of likely N-dealkylation sites (tertiary alicyclic amines) is 1. The van der Waals surface area contributed by atoms with Crippen molar-refractivity contribution >= 4 is 0 Å². The van der Waals surface area contributed by atoms with Crippen LogP contribution in [0.25, 0.3) is 0 Å². The number of aromatic nitrogens is 2. The van der Waals surface area contributed by atoms with Gasteiger partial charge in [0.25, 0.3) is 0 Å². The number of rotatable bonds is 2. The first kappa shape index (κ1) is 13.7. The van der Waals surface area contributed by atoms with Gasteiger partial charge in [0.05, 0.1) is 11.5 Å². The molecule has 0 radical (unpaired) electrons. The Morgan fingerprint density at radius 3 is 2.76 bits per heavy atom. The summed E-state index contributed by atoms with van der Waals surface area (Å²) in [6, 6.07) is 0.751. The summed E-state index contributed by atoms with van der Waals surface area (Å²) in [7, 11) is 0. The van der Waals surface area contributed by atoms with Crippen LogP contribution < -0.4 is 0 Å². The van der Waals surface area contributed by atoms with Crippen LogP contribution >= 0.6 is 0 Å². The molecule has 0 amide bonds. The standard InChI is InChI=1S/C16H25N3O2/c1-12-17-18-15(21-12)16-8-10-20-14(16)7-9-19(11-16)13-5-3-2-4-6-13/h13-14H,2-11H2,1H3/t14-,16-/m0/s1. The van der Waals surface area contributed by atoms with Crippen molar-refractivity contribution in [2.24, 2.45) is 0 Å². The van der Waals surface area contributed by atoms with Crippen LogP contribution in [0.1, 0.15) is 56.7 Å². The molecule has 2 aliphatic heterocycles. The average Bonchev–Trinajstić information content (AvgIpc) is 3.14. The molecule has 1 saturated carbocycles. The Kier molecular flexibility index (Phi) is 3.50. The van der Waals surface area contributed by atoms with Crippen LogP contribution in [0.5, 0.6) is 0 Å². The molecule has 5 nitrogen and oxygen atoms in total. The molecule has 116 valence electrons. The summed E-state index contributed by atoms with van der Waals surface area (Å²) in [5.74, 6) is 1.47. The fourth-order valence-corrected chi connectivity index (χ4v) is 4.54. The number of nitrogens with zero attached hydrogens (tertiary/aromatic N) is 3. The second-order valence-corrected chi connectivity index (χ2v) is 6.94. The van der Waals surface area contributed by atoms with Crippen molar-refractivity contribution in [1.29, 1.82) is 0 Å². The molecule has 0 N–H and O–H groups in total. The van der Waals surface area contributed by atoms with Crippen LogP contribution in [0.3, 0.4) is 0 Å². The van der Waals surface area contributed by atoms with E-state index < -0.39 is 0 Å². The van der Waals surface area contributed by atoms with Gasteiger partial charge >= 0.3 is 0 Å². The lowest BCUT2D eigenvalue weighted by Gasteiger charge is -2.45. The minimum absolute atomic E-state index is 0.0586. The Hall–Kier alpha value is -0.940. The summed E-state index contributed by atoms with van der Waals surface area (Å²) in [5, 5.41) is 8.42. The summed E-state index contributed by atoms with van der Waals surface area (Å²) in [4.78, 5) is 2.68. The maximum Gasteiger partial charge on any atom is 0.226 e. The molecular weight excluding hydrogens is 266 g/mol. The van der Waals surface area contributed by atoms with Crippen LogP contribution in [0, 0.1) is 6.92 Å². The fourth-order valence-electron chi connectivity index (χ4n) is 4.54. The van der Waals surface area contributed by atoms with Gasteiger partial charge in [0.1, 0.15) is 0 Å². The minimum Gasteiger partial charge on any atom is -0.425 e. The van der Waals surface area contributed by atoms with Crippen molar-refractivity contribution in [3.05, 3.63) is 11.8 Å². The number of hydrogen-bond donors (Lipinski definition) is 0. The van der Waals surface area contributed by atoms with Crippen molar-refractivity contribution in [1.82, 2.24) is 15.1 Å². The summed E-state index contributed by atoms with van der Waals surface area (Å²) in [5.41, 5.74) is -0.0586. The molecule has 5 heteroatoms. The van der Waals surface area contributed by atoms with Crippen molar-refractivity contribution in [3.8, 4) is 0 Å². The van der Waals surface area contributed by atoms with Crippen LogP contribution in [-0.2, 0) is 10.2 Å². The molecule has 1 aromatic heterocycles. The van der Waals surface area contributed by atoms with Gasteiger partial charge in [-0.15, -0.1) is 10.2 Å². The van der Waals surface area contributed by atoms with E-state index in [0.717, 1.165) is 44.5 Å². The zero-order valence-corrected chi connectivity index (χ0v) is 12.9. The number of hydrogen-bond acceptors (Lipinski definition) is 5. The molecule has 21 heavy (non-hydrogen) atoms. The van der Waals surface area contributed by atoms with Crippen molar-refractivity contribution in [2.45, 2.75) is 69.4 Å². The van der Waals surface area contributed by atoms with Crippen LogP contribution in [-0.4, -0.2) is 46.9 Å². The van der Waals surface area contributed by atoms with Gasteiger partial charge in [-0.2, -0.15) is 0 Å². The van der Waals surface area contributed by atoms with Crippen LogP contribution in [0.4, 0.5) is 0 Å². The Morgan fingerprint density at radius 1 is 1.14 bits per heavy atom. The predicted octanol–water partition coefficient (Wildman–Crippen LogP) is 2.44. The molecule has 3 heterocycles. The van der Waals surface area contributed by atoms with Crippen LogP contribution in [0.15, 0.2) is 4.42 Å². The molecule has 4 rings (SSSR count). The highest BCUT2D eigenvalue weighted by molar-refractivity contribution is 5.15.